The van der Waals surface area contributed by atoms with Crippen LogP contribution in [0.25, 0.3) is 0 Å². The van der Waals surface area contributed by atoms with Gasteiger partial charge in [-0.05, 0) is 24.5 Å². The molecule has 0 radical (unpaired) electrons. The van der Waals surface area contributed by atoms with Gasteiger partial charge in [0, 0.05) is 44.6 Å². The number of piperidine rings is 1. The Morgan fingerprint density at radius 3 is 2.75 bits per heavy atom. The molecular formula is C14H25N3O2S. The van der Waals surface area contributed by atoms with Gasteiger partial charge in [-0.15, -0.1) is 0 Å². The lowest BCUT2D eigenvalue weighted by atomic mass is 9.91. The molecule has 0 unspecified atom stereocenters. The van der Waals surface area contributed by atoms with Crippen LogP contribution in [-0.4, -0.2) is 42.7 Å². The van der Waals surface area contributed by atoms with Gasteiger partial charge >= 0.3 is 0 Å². The number of sulfonamides is 1. The summed E-state index contributed by atoms with van der Waals surface area (Å²) in [7, 11) is -1.01. The van der Waals surface area contributed by atoms with E-state index in [9.17, 15) is 8.42 Å². The van der Waals surface area contributed by atoms with Crippen molar-refractivity contribution >= 4 is 10.0 Å². The van der Waals surface area contributed by atoms with Crippen LogP contribution in [0, 0.1) is 5.92 Å². The van der Waals surface area contributed by atoms with Crippen molar-refractivity contribution in [2.75, 3.05) is 19.3 Å². The highest BCUT2D eigenvalue weighted by atomic mass is 32.2. The van der Waals surface area contributed by atoms with Crippen LogP contribution in [0.1, 0.15) is 25.5 Å². The molecule has 2 rings (SSSR count). The Hall–Kier alpha value is -0.850. The first kappa shape index (κ1) is 15.5. The van der Waals surface area contributed by atoms with Crippen LogP contribution < -0.4 is 5.32 Å². The highest BCUT2D eigenvalue weighted by Crippen LogP contribution is 2.22. The Bertz CT molecular complexity index is 538. The number of aryl methyl sites for hydroxylation is 1. The molecule has 1 aromatic rings. The average Bonchev–Trinajstić information content (AvgIpc) is 2.80. The van der Waals surface area contributed by atoms with E-state index < -0.39 is 10.0 Å². The molecule has 0 amide bonds. The number of nitrogens with one attached hydrogen (secondary N) is 1. The minimum atomic E-state index is -3.06. The van der Waals surface area contributed by atoms with Crippen molar-refractivity contribution < 1.29 is 8.42 Å². The van der Waals surface area contributed by atoms with E-state index in [1.54, 1.807) is 4.31 Å². The largest absolute Gasteiger partial charge is 0.353 e. The van der Waals surface area contributed by atoms with Gasteiger partial charge in [0.2, 0.25) is 10.0 Å². The maximum Gasteiger partial charge on any atom is 0.211 e. The zero-order chi connectivity index (χ0) is 14.8. The minimum absolute atomic E-state index is 0.388. The average molecular weight is 299 g/mol. The number of hydrogen-bond donors (Lipinski definition) is 1. The summed E-state index contributed by atoms with van der Waals surface area (Å²) in [6.07, 6.45) is 5.23. The smallest absolute Gasteiger partial charge is 0.211 e. The van der Waals surface area contributed by atoms with Gasteiger partial charge in [0.15, 0.2) is 0 Å². The van der Waals surface area contributed by atoms with E-state index in [0.29, 0.717) is 25.0 Å². The monoisotopic (exact) mass is 299 g/mol. The van der Waals surface area contributed by atoms with Gasteiger partial charge in [0.25, 0.3) is 0 Å². The molecular weight excluding hydrogens is 274 g/mol. The van der Waals surface area contributed by atoms with Crippen molar-refractivity contribution in [1.82, 2.24) is 14.2 Å². The minimum Gasteiger partial charge on any atom is -0.353 e. The Balaban J connectivity index is 1.94. The third-order valence-electron chi connectivity index (χ3n) is 4.29. The lowest BCUT2D eigenvalue weighted by molar-refractivity contribution is 0.201. The second-order valence-electron chi connectivity index (χ2n) is 5.68. The standard InChI is InChI=1S/C14H25N3O2S/c1-4-12-11-17(20(3,18)19)9-7-14(12)15-10-13-6-5-8-16(13)2/h5-6,8,12,14-15H,4,7,9-11H2,1-3H3/t12-,14+/m0/s1. The molecule has 1 N–H and O–H groups in total. The van der Waals surface area contributed by atoms with E-state index in [-0.39, 0.29) is 0 Å². The molecule has 20 heavy (non-hydrogen) atoms. The normalized spacial score (nSPS) is 24.9. The second kappa shape index (κ2) is 6.28. The molecule has 2 heterocycles. The van der Waals surface area contributed by atoms with Crippen molar-refractivity contribution in [3.05, 3.63) is 24.0 Å². The summed E-state index contributed by atoms with van der Waals surface area (Å²) in [5.74, 6) is 0.388. The van der Waals surface area contributed by atoms with E-state index >= 15 is 0 Å². The predicted octanol–water partition coefficient (Wildman–Crippen LogP) is 1.17. The van der Waals surface area contributed by atoms with Gasteiger partial charge in [-0.3, -0.25) is 0 Å². The van der Waals surface area contributed by atoms with Crippen molar-refractivity contribution in [2.24, 2.45) is 13.0 Å². The van der Waals surface area contributed by atoms with Crippen LogP contribution in [0.15, 0.2) is 18.3 Å². The van der Waals surface area contributed by atoms with Gasteiger partial charge in [-0.25, -0.2) is 12.7 Å². The molecule has 6 heteroatoms. The van der Waals surface area contributed by atoms with E-state index in [0.717, 1.165) is 19.4 Å². The first-order valence-electron chi connectivity index (χ1n) is 7.20. The molecule has 1 saturated heterocycles. The maximum atomic E-state index is 11.6. The van der Waals surface area contributed by atoms with Crippen LogP contribution in [0.4, 0.5) is 0 Å². The fraction of sp³-hybridized carbons (Fsp3) is 0.714. The van der Waals surface area contributed by atoms with Gasteiger partial charge in [0.1, 0.15) is 0 Å². The highest BCUT2D eigenvalue weighted by molar-refractivity contribution is 7.88. The Kier molecular flexibility index (Phi) is 4.88. The van der Waals surface area contributed by atoms with Crippen LogP contribution in [0.3, 0.4) is 0 Å². The molecule has 1 aliphatic rings. The lowest BCUT2D eigenvalue weighted by Crippen LogP contribution is -2.50. The Labute approximate surface area is 122 Å². The molecule has 1 aliphatic heterocycles. The van der Waals surface area contributed by atoms with E-state index in [4.69, 9.17) is 0 Å². The van der Waals surface area contributed by atoms with Gasteiger partial charge in [-0.1, -0.05) is 13.3 Å². The van der Waals surface area contributed by atoms with Crippen LogP contribution in [-0.2, 0) is 23.6 Å². The summed E-state index contributed by atoms with van der Waals surface area (Å²) < 4.78 is 27.0. The quantitative estimate of drug-likeness (QED) is 0.888. The molecule has 114 valence electrons. The summed E-state index contributed by atoms with van der Waals surface area (Å²) in [5.41, 5.74) is 1.25. The molecule has 2 atom stereocenters. The zero-order valence-electron chi connectivity index (χ0n) is 12.5. The molecule has 1 fully saturated rings. The van der Waals surface area contributed by atoms with Gasteiger partial charge in [-0.2, -0.15) is 0 Å². The molecule has 5 nitrogen and oxygen atoms in total. The summed E-state index contributed by atoms with van der Waals surface area (Å²) in [6.45, 7) is 4.23. The molecule has 0 spiro atoms. The van der Waals surface area contributed by atoms with Gasteiger partial charge < -0.3 is 9.88 Å². The molecule has 0 bridgehead atoms. The number of rotatable bonds is 5. The summed E-state index contributed by atoms with van der Waals surface area (Å²) in [6, 6.07) is 4.55. The van der Waals surface area contributed by atoms with Crippen molar-refractivity contribution in [3.63, 3.8) is 0 Å². The Morgan fingerprint density at radius 2 is 2.20 bits per heavy atom. The van der Waals surface area contributed by atoms with E-state index in [1.165, 1.54) is 11.9 Å². The topological polar surface area (TPSA) is 54.3 Å². The van der Waals surface area contributed by atoms with Crippen LogP contribution in [0.2, 0.25) is 0 Å². The van der Waals surface area contributed by atoms with Gasteiger partial charge in [0.05, 0.1) is 6.26 Å². The third kappa shape index (κ3) is 3.62. The predicted molar refractivity (Wildman–Crippen MR) is 80.9 cm³/mol. The van der Waals surface area contributed by atoms with Crippen LogP contribution >= 0.6 is 0 Å². The molecule has 0 saturated carbocycles. The van der Waals surface area contributed by atoms with E-state index in [1.807, 2.05) is 19.3 Å². The van der Waals surface area contributed by atoms with E-state index in [2.05, 4.69) is 22.9 Å². The number of hydrogen-bond acceptors (Lipinski definition) is 3. The Morgan fingerprint density at radius 1 is 1.45 bits per heavy atom. The first-order chi connectivity index (χ1) is 9.41. The zero-order valence-corrected chi connectivity index (χ0v) is 13.4. The SMILES string of the molecule is CC[C@H]1CN(S(C)(=O)=O)CC[C@H]1NCc1cccn1C. The number of nitrogens with zero attached hydrogens (tertiary/aromatic N) is 2. The maximum absolute atomic E-state index is 11.6. The highest BCUT2D eigenvalue weighted by Gasteiger charge is 2.31. The first-order valence-corrected chi connectivity index (χ1v) is 9.05. The number of aromatic nitrogens is 1. The summed E-state index contributed by atoms with van der Waals surface area (Å²) in [5, 5.41) is 3.60. The fourth-order valence-corrected chi connectivity index (χ4v) is 3.80. The van der Waals surface area contributed by atoms with Crippen molar-refractivity contribution in [2.45, 2.75) is 32.4 Å². The van der Waals surface area contributed by atoms with Crippen molar-refractivity contribution in [1.29, 1.82) is 0 Å². The summed E-state index contributed by atoms with van der Waals surface area (Å²) >= 11 is 0. The lowest BCUT2D eigenvalue weighted by Gasteiger charge is -2.37. The van der Waals surface area contributed by atoms with Crippen molar-refractivity contribution in [3.8, 4) is 0 Å². The summed E-state index contributed by atoms with van der Waals surface area (Å²) in [4.78, 5) is 0. The molecule has 0 aliphatic carbocycles. The third-order valence-corrected chi connectivity index (χ3v) is 5.56. The fourth-order valence-electron chi connectivity index (χ4n) is 2.90. The molecule has 0 aromatic carbocycles. The molecule has 1 aromatic heterocycles. The second-order valence-corrected chi connectivity index (χ2v) is 7.66. The van der Waals surface area contributed by atoms with Crippen LogP contribution in [0.5, 0.6) is 0 Å².